The molecule has 2 aliphatic rings. The smallest absolute Gasteiger partial charge is 0.238 e. The van der Waals surface area contributed by atoms with Gasteiger partial charge in [0, 0.05) is 31.6 Å². The first kappa shape index (κ1) is 16.4. The van der Waals surface area contributed by atoms with Crippen molar-refractivity contribution in [3.8, 4) is 0 Å². The maximum Gasteiger partial charge on any atom is 0.238 e. The van der Waals surface area contributed by atoms with E-state index in [2.05, 4.69) is 30.1 Å². The molecule has 0 aromatic heterocycles. The molecule has 23 heavy (non-hydrogen) atoms. The number of rotatable bonds is 4. The summed E-state index contributed by atoms with van der Waals surface area (Å²) < 4.78 is 11.4. The van der Waals surface area contributed by atoms with Crippen molar-refractivity contribution in [1.29, 1.82) is 0 Å². The van der Waals surface area contributed by atoms with Crippen molar-refractivity contribution in [1.82, 2.24) is 4.90 Å². The molecule has 5 nitrogen and oxygen atoms in total. The Balaban J connectivity index is 1.52. The van der Waals surface area contributed by atoms with E-state index >= 15 is 0 Å². The van der Waals surface area contributed by atoms with E-state index in [4.69, 9.17) is 9.47 Å². The number of nitrogens with one attached hydrogen (secondary N) is 1. The summed E-state index contributed by atoms with van der Waals surface area (Å²) in [5, 5.41) is 3.06. The minimum absolute atomic E-state index is 0.0438. The molecule has 2 saturated heterocycles. The number of carbonyl (C=O) groups excluding carboxylic acids is 1. The lowest BCUT2D eigenvalue weighted by molar-refractivity contribution is -0.185. The van der Waals surface area contributed by atoms with Crippen LogP contribution in [-0.4, -0.2) is 49.4 Å². The Labute approximate surface area is 137 Å². The van der Waals surface area contributed by atoms with Crippen LogP contribution in [0.4, 0.5) is 5.69 Å². The van der Waals surface area contributed by atoms with Crippen molar-refractivity contribution in [2.45, 2.75) is 38.4 Å². The monoisotopic (exact) mass is 318 g/mol. The summed E-state index contributed by atoms with van der Waals surface area (Å²) in [5.74, 6) is 0.0531. The molecule has 0 radical (unpaired) electrons. The lowest BCUT2D eigenvalue weighted by Gasteiger charge is -2.37. The van der Waals surface area contributed by atoms with Crippen molar-refractivity contribution < 1.29 is 14.3 Å². The molecule has 1 spiro atoms. The number of ether oxygens (including phenoxy) is 2. The summed E-state index contributed by atoms with van der Waals surface area (Å²) in [6.07, 6.45) is 1.67. The normalized spacial score (nSPS) is 21.0. The fourth-order valence-corrected chi connectivity index (χ4v) is 3.34. The molecule has 5 heteroatoms. The summed E-state index contributed by atoms with van der Waals surface area (Å²) in [7, 11) is 0. The van der Waals surface area contributed by atoms with E-state index in [1.165, 1.54) is 5.56 Å². The van der Waals surface area contributed by atoms with Crippen LogP contribution in [0.15, 0.2) is 24.3 Å². The first-order chi connectivity index (χ1) is 11.1. The number of nitrogens with zero attached hydrogens (tertiary/aromatic N) is 1. The number of amides is 1. The molecule has 2 heterocycles. The van der Waals surface area contributed by atoms with Gasteiger partial charge in [-0.1, -0.05) is 32.0 Å². The van der Waals surface area contributed by atoms with E-state index in [1.54, 1.807) is 0 Å². The first-order valence-electron chi connectivity index (χ1n) is 8.47. The van der Waals surface area contributed by atoms with Gasteiger partial charge in [-0.15, -0.1) is 0 Å². The van der Waals surface area contributed by atoms with Crippen molar-refractivity contribution in [2.75, 3.05) is 38.2 Å². The number of likely N-dealkylation sites (tertiary alicyclic amines) is 1. The molecule has 0 saturated carbocycles. The Kier molecular flexibility index (Phi) is 4.99. The van der Waals surface area contributed by atoms with E-state index in [-0.39, 0.29) is 11.7 Å². The van der Waals surface area contributed by atoms with Crippen LogP contribution in [0.1, 0.15) is 38.2 Å². The predicted molar refractivity (Wildman–Crippen MR) is 89.5 cm³/mol. The maximum atomic E-state index is 12.4. The predicted octanol–water partition coefficient (Wildman–Crippen LogP) is 2.59. The molecule has 126 valence electrons. The van der Waals surface area contributed by atoms with Gasteiger partial charge in [-0.2, -0.15) is 0 Å². The number of hydrogen-bond donors (Lipinski definition) is 1. The van der Waals surface area contributed by atoms with E-state index < -0.39 is 0 Å². The Bertz CT molecular complexity index is 543. The summed E-state index contributed by atoms with van der Waals surface area (Å²) in [6.45, 7) is 7.73. The molecule has 0 bridgehead atoms. The number of piperidine rings is 1. The average molecular weight is 318 g/mol. The van der Waals surface area contributed by atoms with Crippen LogP contribution in [0.5, 0.6) is 0 Å². The third-order valence-electron chi connectivity index (χ3n) is 4.66. The van der Waals surface area contributed by atoms with Gasteiger partial charge >= 0.3 is 0 Å². The van der Waals surface area contributed by atoms with Crippen molar-refractivity contribution in [3.63, 3.8) is 0 Å². The number of benzene rings is 1. The highest BCUT2D eigenvalue weighted by Gasteiger charge is 2.39. The summed E-state index contributed by atoms with van der Waals surface area (Å²) in [5.41, 5.74) is 2.09. The van der Waals surface area contributed by atoms with Crippen molar-refractivity contribution >= 4 is 11.6 Å². The highest BCUT2D eigenvalue weighted by Crippen LogP contribution is 2.31. The molecule has 1 amide bonds. The maximum absolute atomic E-state index is 12.4. The third kappa shape index (κ3) is 3.91. The Morgan fingerprint density at radius 3 is 2.52 bits per heavy atom. The van der Waals surface area contributed by atoms with Crippen LogP contribution in [0.25, 0.3) is 0 Å². The number of hydrogen-bond acceptors (Lipinski definition) is 4. The molecule has 1 aromatic carbocycles. The second-order valence-electron chi connectivity index (χ2n) is 6.67. The van der Waals surface area contributed by atoms with Gasteiger partial charge in [0.2, 0.25) is 5.91 Å². The fraction of sp³-hybridized carbons (Fsp3) is 0.611. The second kappa shape index (κ2) is 6.99. The average Bonchev–Trinajstić information content (AvgIpc) is 2.98. The lowest BCUT2D eigenvalue weighted by Crippen LogP contribution is -2.47. The van der Waals surface area contributed by atoms with Gasteiger partial charge in [-0.05, 0) is 17.5 Å². The molecular formula is C18H26N2O3. The van der Waals surface area contributed by atoms with E-state index in [9.17, 15) is 4.79 Å². The quantitative estimate of drug-likeness (QED) is 0.927. The Morgan fingerprint density at radius 1 is 1.22 bits per heavy atom. The molecule has 0 aliphatic carbocycles. The molecule has 0 unspecified atom stereocenters. The highest BCUT2D eigenvalue weighted by atomic mass is 16.7. The van der Waals surface area contributed by atoms with Crippen LogP contribution in [0.2, 0.25) is 0 Å². The zero-order valence-corrected chi connectivity index (χ0v) is 14.0. The van der Waals surface area contributed by atoms with Gasteiger partial charge in [0.1, 0.15) is 0 Å². The molecule has 1 aromatic rings. The molecular weight excluding hydrogens is 292 g/mol. The van der Waals surface area contributed by atoms with Gasteiger partial charge < -0.3 is 14.8 Å². The van der Waals surface area contributed by atoms with Crippen LogP contribution in [-0.2, 0) is 14.3 Å². The summed E-state index contributed by atoms with van der Waals surface area (Å²) in [6, 6.07) is 8.01. The molecule has 2 aliphatic heterocycles. The number of para-hydroxylation sites is 1. The zero-order valence-electron chi connectivity index (χ0n) is 14.0. The fourth-order valence-electron chi connectivity index (χ4n) is 3.34. The van der Waals surface area contributed by atoms with Crippen LogP contribution in [0, 0.1) is 0 Å². The number of carbonyl (C=O) groups is 1. The molecule has 2 fully saturated rings. The highest BCUT2D eigenvalue weighted by molar-refractivity contribution is 5.93. The van der Waals surface area contributed by atoms with E-state index in [1.807, 2.05) is 18.2 Å². The zero-order chi connectivity index (χ0) is 16.3. The van der Waals surface area contributed by atoms with Gasteiger partial charge in [-0.25, -0.2) is 0 Å². The first-order valence-corrected chi connectivity index (χ1v) is 8.47. The summed E-state index contributed by atoms with van der Waals surface area (Å²) in [4.78, 5) is 14.5. The Morgan fingerprint density at radius 2 is 1.87 bits per heavy atom. The van der Waals surface area contributed by atoms with Gasteiger partial charge in [0.15, 0.2) is 5.79 Å². The third-order valence-corrected chi connectivity index (χ3v) is 4.66. The van der Waals surface area contributed by atoms with E-state index in [0.29, 0.717) is 25.7 Å². The van der Waals surface area contributed by atoms with Crippen LogP contribution < -0.4 is 5.32 Å². The van der Waals surface area contributed by atoms with Gasteiger partial charge in [0.25, 0.3) is 0 Å². The Hall–Kier alpha value is -1.43. The van der Waals surface area contributed by atoms with Gasteiger partial charge in [0.05, 0.1) is 19.8 Å². The van der Waals surface area contributed by atoms with Crippen molar-refractivity contribution in [2.24, 2.45) is 0 Å². The number of anilines is 1. The van der Waals surface area contributed by atoms with Crippen LogP contribution in [0.3, 0.4) is 0 Å². The topological polar surface area (TPSA) is 50.8 Å². The second-order valence-corrected chi connectivity index (χ2v) is 6.67. The lowest BCUT2D eigenvalue weighted by atomic mass is 10.0. The molecule has 3 rings (SSSR count). The standard InChI is InChI=1S/C18H26N2O3/c1-14(2)15-5-3-4-6-16(15)19-17(21)13-20-9-7-18(8-10-20)22-11-12-23-18/h3-6,14H,7-13H2,1-2H3,(H,19,21). The van der Waals surface area contributed by atoms with Gasteiger partial charge in [-0.3, -0.25) is 9.69 Å². The largest absolute Gasteiger partial charge is 0.347 e. The molecule has 1 N–H and O–H groups in total. The minimum atomic E-state index is -0.378. The van der Waals surface area contributed by atoms with E-state index in [0.717, 1.165) is 31.6 Å². The summed E-state index contributed by atoms with van der Waals surface area (Å²) >= 11 is 0. The SMILES string of the molecule is CC(C)c1ccccc1NC(=O)CN1CCC2(CC1)OCCO2. The minimum Gasteiger partial charge on any atom is -0.347 e. The van der Waals surface area contributed by atoms with Crippen LogP contribution >= 0.6 is 0 Å². The molecule has 0 atom stereocenters. The van der Waals surface area contributed by atoms with Crippen molar-refractivity contribution in [3.05, 3.63) is 29.8 Å².